The second-order valence-corrected chi connectivity index (χ2v) is 5.20. The maximum atomic E-state index is 12.1. The second-order valence-electron chi connectivity index (χ2n) is 5.20. The average molecular weight is 313 g/mol. The van der Waals surface area contributed by atoms with Gasteiger partial charge in [-0.1, -0.05) is 0 Å². The Kier molecular flexibility index (Phi) is 3.94. The molecule has 7 heteroatoms. The van der Waals surface area contributed by atoms with Gasteiger partial charge in [0.05, 0.1) is 10.9 Å². The molecule has 0 fully saturated rings. The molecule has 0 radical (unpaired) electrons. The van der Waals surface area contributed by atoms with E-state index >= 15 is 0 Å². The highest BCUT2D eigenvalue weighted by Gasteiger charge is 2.09. The Labute approximate surface area is 130 Å². The summed E-state index contributed by atoms with van der Waals surface area (Å²) in [6.07, 6.45) is 1.12. The summed E-state index contributed by atoms with van der Waals surface area (Å²) in [7, 11) is 0. The summed E-state index contributed by atoms with van der Waals surface area (Å²) in [4.78, 5) is 30.7. The molecular formula is C16H15N3O4. The minimum Gasteiger partial charge on any atom is -0.466 e. The lowest BCUT2D eigenvalue weighted by Gasteiger charge is -2.04. The summed E-state index contributed by atoms with van der Waals surface area (Å²) < 4.78 is 5.49. The summed E-state index contributed by atoms with van der Waals surface area (Å²) in [5.74, 6) is 1.51. The zero-order valence-electron chi connectivity index (χ0n) is 12.4. The molecule has 0 bridgehead atoms. The number of aryl methyl sites for hydroxylation is 3. The Bertz CT molecular complexity index is 926. The Balaban J connectivity index is 1.91. The molecule has 3 N–H and O–H groups in total. The van der Waals surface area contributed by atoms with E-state index in [4.69, 9.17) is 9.62 Å². The molecule has 2 aromatic heterocycles. The molecule has 1 aromatic carbocycles. The minimum absolute atomic E-state index is 0.228. The molecule has 23 heavy (non-hydrogen) atoms. The first-order chi connectivity index (χ1) is 11.1. The van der Waals surface area contributed by atoms with Crippen molar-refractivity contribution in [2.75, 3.05) is 0 Å². The number of benzene rings is 1. The first kappa shape index (κ1) is 15.0. The summed E-state index contributed by atoms with van der Waals surface area (Å²) in [5.41, 5.74) is 1.92. The van der Waals surface area contributed by atoms with Gasteiger partial charge < -0.3 is 9.40 Å². The zero-order chi connectivity index (χ0) is 16.4. The molecule has 0 atom stereocenters. The Morgan fingerprint density at radius 1 is 1.30 bits per heavy atom. The predicted octanol–water partition coefficient (Wildman–Crippen LogP) is 1.73. The summed E-state index contributed by atoms with van der Waals surface area (Å²) in [6, 6.07) is 8.20. The van der Waals surface area contributed by atoms with E-state index in [1.165, 1.54) is 18.2 Å². The lowest BCUT2D eigenvalue weighted by Crippen LogP contribution is -2.19. The molecule has 0 aliphatic carbocycles. The van der Waals surface area contributed by atoms with Crippen molar-refractivity contribution in [1.82, 2.24) is 15.4 Å². The number of carbonyl (C=O) groups is 1. The largest absolute Gasteiger partial charge is 0.466 e. The van der Waals surface area contributed by atoms with Crippen LogP contribution in [0, 0.1) is 6.92 Å². The van der Waals surface area contributed by atoms with Crippen molar-refractivity contribution in [3.8, 4) is 0 Å². The van der Waals surface area contributed by atoms with Crippen LogP contribution in [-0.2, 0) is 12.8 Å². The van der Waals surface area contributed by atoms with Crippen LogP contribution in [0.2, 0.25) is 0 Å². The number of furan rings is 1. The number of rotatable bonds is 4. The van der Waals surface area contributed by atoms with E-state index in [-0.39, 0.29) is 11.1 Å². The molecule has 0 aliphatic rings. The van der Waals surface area contributed by atoms with Gasteiger partial charge in [-0.2, -0.15) is 0 Å². The number of aromatic nitrogens is 2. The smallest absolute Gasteiger partial charge is 0.274 e. The van der Waals surface area contributed by atoms with E-state index in [0.29, 0.717) is 29.6 Å². The minimum atomic E-state index is -0.651. The maximum Gasteiger partial charge on any atom is 0.274 e. The number of H-pyrrole nitrogens is 1. The van der Waals surface area contributed by atoms with Crippen LogP contribution in [0.3, 0.4) is 0 Å². The van der Waals surface area contributed by atoms with Gasteiger partial charge >= 0.3 is 0 Å². The number of nitrogens with zero attached hydrogens (tertiary/aromatic N) is 1. The van der Waals surface area contributed by atoms with Gasteiger partial charge in [0.2, 0.25) is 0 Å². The van der Waals surface area contributed by atoms with Crippen LogP contribution in [0.1, 0.15) is 27.7 Å². The Morgan fingerprint density at radius 3 is 2.83 bits per heavy atom. The van der Waals surface area contributed by atoms with Crippen LogP contribution in [0.4, 0.5) is 0 Å². The maximum absolute atomic E-state index is 12.1. The van der Waals surface area contributed by atoms with Crippen molar-refractivity contribution in [3.63, 3.8) is 0 Å². The van der Waals surface area contributed by atoms with E-state index < -0.39 is 5.91 Å². The van der Waals surface area contributed by atoms with Crippen LogP contribution >= 0.6 is 0 Å². The Morgan fingerprint density at radius 2 is 2.13 bits per heavy atom. The quantitative estimate of drug-likeness (QED) is 0.502. The van der Waals surface area contributed by atoms with Crippen LogP contribution < -0.4 is 11.0 Å². The third kappa shape index (κ3) is 3.14. The van der Waals surface area contributed by atoms with Crippen molar-refractivity contribution in [2.45, 2.75) is 19.8 Å². The van der Waals surface area contributed by atoms with Crippen LogP contribution in [0.5, 0.6) is 0 Å². The number of amides is 1. The molecule has 0 aliphatic heterocycles. The summed E-state index contributed by atoms with van der Waals surface area (Å²) in [5, 5.41) is 9.07. The second kappa shape index (κ2) is 6.05. The van der Waals surface area contributed by atoms with E-state index in [1.807, 2.05) is 19.1 Å². The fourth-order valence-corrected chi connectivity index (χ4v) is 2.37. The topological polar surface area (TPSA) is 108 Å². The monoisotopic (exact) mass is 313 g/mol. The van der Waals surface area contributed by atoms with Gasteiger partial charge in [0, 0.05) is 18.4 Å². The molecule has 1 amide bonds. The number of nitrogens with one attached hydrogen (secondary N) is 2. The van der Waals surface area contributed by atoms with E-state index in [0.717, 1.165) is 11.5 Å². The van der Waals surface area contributed by atoms with Crippen molar-refractivity contribution in [2.24, 2.45) is 0 Å². The highest BCUT2D eigenvalue weighted by molar-refractivity contribution is 5.96. The SMILES string of the molecule is Cc1ccc(CCc2nc3cc(C(=O)NO)ccc3c(=O)[nH]2)o1. The average Bonchev–Trinajstić information content (AvgIpc) is 2.97. The summed E-state index contributed by atoms with van der Waals surface area (Å²) >= 11 is 0. The van der Waals surface area contributed by atoms with E-state index in [1.54, 1.807) is 5.48 Å². The number of hydroxylamine groups is 1. The van der Waals surface area contributed by atoms with Crippen molar-refractivity contribution in [1.29, 1.82) is 0 Å². The fourth-order valence-electron chi connectivity index (χ4n) is 2.37. The molecular weight excluding hydrogens is 298 g/mol. The molecule has 3 rings (SSSR count). The highest BCUT2D eigenvalue weighted by Crippen LogP contribution is 2.12. The normalized spacial score (nSPS) is 10.9. The molecule has 0 spiro atoms. The number of carbonyl (C=O) groups excluding carboxylic acids is 1. The van der Waals surface area contributed by atoms with Gasteiger partial charge in [-0.25, -0.2) is 10.5 Å². The number of hydrogen-bond acceptors (Lipinski definition) is 5. The third-order valence-corrected chi connectivity index (χ3v) is 3.52. The predicted molar refractivity (Wildman–Crippen MR) is 82.5 cm³/mol. The Hall–Kier alpha value is -2.93. The van der Waals surface area contributed by atoms with Gasteiger partial charge in [-0.3, -0.25) is 14.8 Å². The van der Waals surface area contributed by atoms with Crippen molar-refractivity contribution >= 4 is 16.8 Å². The lowest BCUT2D eigenvalue weighted by atomic mass is 10.1. The molecule has 118 valence electrons. The molecule has 0 unspecified atom stereocenters. The summed E-state index contributed by atoms with van der Waals surface area (Å²) in [6.45, 7) is 1.87. The van der Waals surface area contributed by atoms with Gasteiger partial charge in [-0.05, 0) is 37.3 Å². The van der Waals surface area contributed by atoms with E-state index in [2.05, 4.69) is 9.97 Å². The third-order valence-electron chi connectivity index (χ3n) is 3.52. The lowest BCUT2D eigenvalue weighted by molar-refractivity contribution is 0.0706. The molecule has 0 saturated carbocycles. The van der Waals surface area contributed by atoms with Crippen LogP contribution in [-0.4, -0.2) is 21.1 Å². The fraction of sp³-hybridized carbons (Fsp3) is 0.188. The van der Waals surface area contributed by atoms with Crippen molar-refractivity contribution in [3.05, 3.63) is 63.6 Å². The van der Waals surface area contributed by atoms with Crippen LogP contribution in [0.25, 0.3) is 10.9 Å². The number of fused-ring (bicyclic) bond motifs is 1. The first-order valence-electron chi connectivity index (χ1n) is 7.09. The van der Waals surface area contributed by atoms with Gasteiger partial charge in [0.1, 0.15) is 17.3 Å². The van der Waals surface area contributed by atoms with Crippen molar-refractivity contribution < 1.29 is 14.4 Å². The van der Waals surface area contributed by atoms with Crippen LogP contribution in [0.15, 0.2) is 39.5 Å². The zero-order valence-corrected chi connectivity index (χ0v) is 12.4. The molecule has 2 heterocycles. The van der Waals surface area contributed by atoms with Gasteiger partial charge in [0.15, 0.2) is 0 Å². The van der Waals surface area contributed by atoms with E-state index in [9.17, 15) is 9.59 Å². The number of aromatic amines is 1. The first-order valence-corrected chi connectivity index (χ1v) is 7.09. The highest BCUT2D eigenvalue weighted by atomic mass is 16.5. The number of hydrogen-bond donors (Lipinski definition) is 3. The molecule has 0 saturated heterocycles. The molecule has 3 aromatic rings. The standard InChI is InChI=1S/C16H15N3O4/c1-9-2-4-11(23-9)5-7-14-17-13-8-10(15(20)19-22)3-6-12(13)16(21)18-14/h2-4,6,8,22H,5,7H2,1H3,(H,19,20)(H,17,18,21). The molecule has 7 nitrogen and oxygen atoms in total. The van der Waals surface area contributed by atoms with Gasteiger partial charge in [-0.15, -0.1) is 0 Å². The van der Waals surface area contributed by atoms with Gasteiger partial charge in [0.25, 0.3) is 11.5 Å².